The van der Waals surface area contributed by atoms with Crippen molar-refractivity contribution in [2.45, 2.75) is 106 Å². The molecule has 1 heterocycles. The summed E-state index contributed by atoms with van der Waals surface area (Å²) in [6.45, 7) is 16.1. The molecule has 0 spiro atoms. The number of benzene rings is 1. The molecule has 1 aliphatic rings. The van der Waals surface area contributed by atoms with Crippen molar-refractivity contribution in [3.8, 4) is 11.5 Å². The lowest BCUT2D eigenvalue weighted by atomic mass is 9.84. The van der Waals surface area contributed by atoms with E-state index in [0.29, 0.717) is 36.5 Å². The Kier molecular flexibility index (Phi) is 9.71. The molecule has 3 rings (SSSR count). The number of ketones is 1. The Labute approximate surface area is 212 Å². The van der Waals surface area contributed by atoms with E-state index in [1.807, 2.05) is 19.1 Å². The molecule has 1 fully saturated rings. The van der Waals surface area contributed by atoms with Crippen molar-refractivity contribution in [3.63, 3.8) is 0 Å². The molecule has 1 N–H and O–H groups in total. The fraction of sp³-hybridized carbons (Fsp3) is 0.667. The molecule has 1 saturated carbocycles. The number of carbonyl (C=O) groups is 1. The summed E-state index contributed by atoms with van der Waals surface area (Å²) >= 11 is 0. The zero-order chi connectivity index (χ0) is 25.6. The van der Waals surface area contributed by atoms with Gasteiger partial charge in [0.1, 0.15) is 11.5 Å². The predicted molar refractivity (Wildman–Crippen MR) is 142 cm³/mol. The standard InChI is InChI=1S/C30H46N2O3/c1-20(2)28(27(33)18-30(5,6)7)31-15-14-23-11-9-13-25(17-23)34-19-26-22(4)35-29(32-26)24-12-8-10-21(3)16-24/h8,10,12,16,20,23,25,28,31H,9,11,13-15,17-19H2,1-7H3/t23?,25?,28-/m0/s1. The minimum atomic E-state index is -0.0531. The summed E-state index contributed by atoms with van der Waals surface area (Å²) in [5.74, 6) is 2.77. The van der Waals surface area contributed by atoms with Crippen LogP contribution < -0.4 is 5.32 Å². The number of aryl methyl sites for hydroxylation is 2. The highest BCUT2D eigenvalue weighted by Crippen LogP contribution is 2.30. The van der Waals surface area contributed by atoms with Crippen LogP contribution in [0.3, 0.4) is 0 Å². The number of nitrogens with zero attached hydrogens (tertiary/aromatic N) is 1. The SMILES string of the molecule is Cc1cccc(-c2nc(COC3CCCC(CCN[C@H](C(=O)CC(C)(C)C)C(C)C)C3)c(C)o2)c1. The van der Waals surface area contributed by atoms with Crippen LogP contribution in [0, 0.1) is 31.1 Å². The molecule has 5 nitrogen and oxygen atoms in total. The smallest absolute Gasteiger partial charge is 0.226 e. The molecule has 1 aromatic heterocycles. The van der Waals surface area contributed by atoms with Gasteiger partial charge in [0.25, 0.3) is 0 Å². The van der Waals surface area contributed by atoms with Gasteiger partial charge in [-0.3, -0.25) is 4.79 Å². The molecule has 1 aromatic carbocycles. The van der Waals surface area contributed by atoms with Gasteiger partial charge in [0.15, 0.2) is 5.78 Å². The first-order chi connectivity index (χ1) is 16.5. The lowest BCUT2D eigenvalue weighted by molar-refractivity contribution is -0.123. The summed E-state index contributed by atoms with van der Waals surface area (Å²) in [7, 11) is 0. The van der Waals surface area contributed by atoms with Gasteiger partial charge in [-0.15, -0.1) is 0 Å². The van der Waals surface area contributed by atoms with E-state index in [0.717, 1.165) is 42.8 Å². The summed E-state index contributed by atoms with van der Waals surface area (Å²) in [5, 5.41) is 3.58. The van der Waals surface area contributed by atoms with Crippen molar-refractivity contribution in [2.75, 3.05) is 6.54 Å². The molecule has 0 saturated heterocycles. The molecule has 35 heavy (non-hydrogen) atoms. The summed E-state index contributed by atoms with van der Waals surface area (Å²) in [5.41, 5.74) is 3.12. The van der Waals surface area contributed by atoms with Gasteiger partial charge in [-0.05, 0) is 69.0 Å². The molecule has 0 aliphatic heterocycles. The molecular formula is C30H46N2O3. The summed E-state index contributed by atoms with van der Waals surface area (Å²) in [6, 6.07) is 8.17. The lowest BCUT2D eigenvalue weighted by Gasteiger charge is -2.30. The van der Waals surface area contributed by atoms with Crippen LogP contribution in [0.25, 0.3) is 11.5 Å². The molecule has 0 bridgehead atoms. The van der Waals surface area contributed by atoms with E-state index in [9.17, 15) is 4.79 Å². The van der Waals surface area contributed by atoms with Crippen LogP contribution in [0.4, 0.5) is 0 Å². The van der Waals surface area contributed by atoms with Gasteiger partial charge in [0, 0.05) is 12.0 Å². The number of ether oxygens (including phenoxy) is 1. The Balaban J connectivity index is 1.47. The van der Waals surface area contributed by atoms with Gasteiger partial charge in [-0.1, -0.05) is 65.2 Å². The minimum absolute atomic E-state index is 0.0306. The second-order valence-electron chi connectivity index (χ2n) is 12.0. The summed E-state index contributed by atoms with van der Waals surface area (Å²) in [4.78, 5) is 17.5. The second kappa shape index (κ2) is 12.3. The Morgan fingerprint density at radius 1 is 1.23 bits per heavy atom. The number of hydrogen-bond donors (Lipinski definition) is 1. The molecule has 5 heteroatoms. The predicted octanol–water partition coefficient (Wildman–Crippen LogP) is 7.04. The number of nitrogens with one attached hydrogen (secondary N) is 1. The van der Waals surface area contributed by atoms with E-state index in [1.54, 1.807) is 0 Å². The van der Waals surface area contributed by atoms with E-state index in [4.69, 9.17) is 14.1 Å². The number of oxazole rings is 1. The maximum Gasteiger partial charge on any atom is 0.226 e. The first-order valence-electron chi connectivity index (χ1n) is 13.4. The van der Waals surface area contributed by atoms with E-state index in [-0.39, 0.29) is 17.6 Å². The van der Waals surface area contributed by atoms with E-state index < -0.39 is 0 Å². The third-order valence-corrected chi connectivity index (χ3v) is 6.98. The Bertz CT molecular complexity index is 957. The van der Waals surface area contributed by atoms with E-state index in [1.165, 1.54) is 18.4 Å². The highest BCUT2D eigenvalue weighted by Gasteiger charge is 2.27. The maximum atomic E-state index is 12.8. The van der Waals surface area contributed by atoms with Gasteiger partial charge in [0.2, 0.25) is 5.89 Å². The molecule has 3 atom stereocenters. The first-order valence-corrected chi connectivity index (χ1v) is 13.4. The molecule has 1 aliphatic carbocycles. The molecule has 0 radical (unpaired) electrons. The van der Waals surface area contributed by atoms with E-state index in [2.05, 4.69) is 59.0 Å². The quantitative estimate of drug-likeness (QED) is 0.372. The molecule has 0 amide bonds. The van der Waals surface area contributed by atoms with E-state index >= 15 is 0 Å². The first kappa shape index (κ1) is 27.6. The zero-order valence-corrected chi connectivity index (χ0v) is 22.9. The van der Waals surface area contributed by atoms with Crippen molar-refractivity contribution in [1.29, 1.82) is 0 Å². The van der Waals surface area contributed by atoms with Crippen LogP contribution in [-0.4, -0.2) is 29.5 Å². The highest BCUT2D eigenvalue weighted by atomic mass is 16.5. The Morgan fingerprint density at radius 2 is 2.00 bits per heavy atom. The fourth-order valence-corrected chi connectivity index (χ4v) is 5.11. The van der Waals surface area contributed by atoms with Gasteiger partial charge in [0.05, 0.1) is 18.8 Å². The van der Waals surface area contributed by atoms with Gasteiger partial charge in [-0.2, -0.15) is 0 Å². The average Bonchev–Trinajstić information content (AvgIpc) is 3.14. The molecule has 2 unspecified atom stereocenters. The van der Waals surface area contributed by atoms with Crippen LogP contribution in [0.5, 0.6) is 0 Å². The van der Waals surface area contributed by atoms with Crippen molar-refractivity contribution in [2.24, 2.45) is 17.3 Å². The van der Waals surface area contributed by atoms with Crippen LogP contribution in [0.1, 0.15) is 90.2 Å². The van der Waals surface area contributed by atoms with Crippen LogP contribution in [0.2, 0.25) is 0 Å². The number of rotatable bonds is 11. The van der Waals surface area contributed by atoms with Crippen LogP contribution in [0.15, 0.2) is 28.7 Å². The van der Waals surface area contributed by atoms with Crippen molar-refractivity contribution in [1.82, 2.24) is 10.3 Å². The maximum absolute atomic E-state index is 12.8. The van der Waals surface area contributed by atoms with Crippen molar-refractivity contribution in [3.05, 3.63) is 41.3 Å². The fourth-order valence-electron chi connectivity index (χ4n) is 5.11. The molecular weight excluding hydrogens is 436 g/mol. The van der Waals surface area contributed by atoms with Gasteiger partial charge < -0.3 is 14.5 Å². The Hall–Kier alpha value is -1.98. The van der Waals surface area contributed by atoms with Crippen LogP contribution in [-0.2, 0) is 16.1 Å². The topological polar surface area (TPSA) is 64.4 Å². The number of hydrogen-bond acceptors (Lipinski definition) is 5. The largest absolute Gasteiger partial charge is 0.441 e. The normalized spacial score (nSPS) is 19.8. The van der Waals surface area contributed by atoms with Crippen LogP contribution >= 0.6 is 0 Å². The molecule has 194 valence electrons. The minimum Gasteiger partial charge on any atom is -0.441 e. The van der Waals surface area contributed by atoms with Crippen molar-refractivity contribution < 1.29 is 13.9 Å². The highest BCUT2D eigenvalue weighted by molar-refractivity contribution is 5.84. The average molecular weight is 483 g/mol. The lowest BCUT2D eigenvalue weighted by Crippen LogP contribution is -2.43. The van der Waals surface area contributed by atoms with Gasteiger partial charge in [-0.25, -0.2) is 4.98 Å². The van der Waals surface area contributed by atoms with Crippen molar-refractivity contribution >= 4 is 5.78 Å². The second-order valence-corrected chi connectivity index (χ2v) is 12.0. The number of aromatic nitrogens is 1. The third-order valence-electron chi connectivity index (χ3n) is 6.98. The monoisotopic (exact) mass is 482 g/mol. The summed E-state index contributed by atoms with van der Waals surface area (Å²) < 4.78 is 12.2. The number of Topliss-reactive ketones (excluding diaryl/α,β-unsaturated/α-hetero) is 1. The summed E-state index contributed by atoms with van der Waals surface area (Å²) in [6.07, 6.45) is 6.58. The number of carbonyl (C=O) groups excluding carboxylic acids is 1. The molecule has 2 aromatic rings. The zero-order valence-electron chi connectivity index (χ0n) is 22.9. The van der Waals surface area contributed by atoms with Gasteiger partial charge >= 0.3 is 0 Å². The Morgan fingerprint density at radius 3 is 2.69 bits per heavy atom. The third kappa shape index (κ3) is 8.57.